The third-order valence-electron chi connectivity index (χ3n) is 15.9. The smallest absolute Gasteiger partial charge is 0.252 e. The maximum absolute atomic E-state index is 2.58. The van der Waals surface area contributed by atoms with Crippen LogP contribution in [0.25, 0.3) is 55.6 Å². The van der Waals surface area contributed by atoms with E-state index >= 15 is 0 Å². The van der Waals surface area contributed by atoms with Crippen LogP contribution in [0.2, 0.25) is 0 Å². The first-order valence-electron chi connectivity index (χ1n) is 24.9. The van der Waals surface area contributed by atoms with Crippen molar-refractivity contribution >= 4 is 57.2 Å². The largest absolute Gasteiger partial charge is 0.311 e. The van der Waals surface area contributed by atoms with E-state index in [9.17, 15) is 0 Å². The zero-order chi connectivity index (χ0) is 46.8. The molecule has 11 aromatic rings. The summed E-state index contributed by atoms with van der Waals surface area (Å²) in [6.45, 7) is 2.22. The van der Waals surface area contributed by atoms with Crippen LogP contribution < -0.4 is 26.2 Å². The summed E-state index contributed by atoms with van der Waals surface area (Å²) >= 11 is 0. The van der Waals surface area contributed by atoms with Crippen LogP contribution in [0.1, 0.15) is 27.8 Å². The van der Waals surface area contributed by atoms with E-state index < -0.39 is 5.41 Å². The first-order chi connectivity index (χ1) is 35.1. The number of nitrogens with zero attached hydrogens (tertiary/aromatic N) is 2. The molecule has 15 rings (SSSR count). The quantitative estimate of drug-likeness (QED) is 0.159. The van der Waals surface area contributed by atoms with Crippen molar-refractivity contribution in [2.45, 2.75) is 12.3 Å². The van der Waals surface area contributed by atoms with Gasteiger partial charge in [0.05, 0.1) is 5.41 Å². The van der Waals surface area contributed by atoms with E-state index in [0.29, 0.717) is 0 Å². The van der Waals surface area contributed by atoms with Crippen LogP contribution in [-0.2, 0) is 5.41 Å². The van der Waals surface area contributed by atoms with E-state index in [1.165, 1.54) is 123 Å². The first-order valence-corrected chi connectivity index (χ1v) is 24.9. The minimum Gasteiger partial charge on any atom is -0.311 e. The van der Waals surface area contributed by atoms with Crippen LogP contribution >= 0.6 is 0 Å². The van der Waals surface area contributed by atoms with Crippen LogP contribution in [0, 0.1) is 6.92 Å². The van der Waals surface area contributed by atoms with Gasteiger partial charge < -0.3 is 9.80 Å². The maximum atomic E-state index is 2.58. The molecule has 0 N–H and O–H groups in total. The number of benzene rings is 11. The van der Waals surface area contributed by atoms with E-state index in [0.717, 1.165) is 11.4 Å². The Hall–Kier alpha value is -8.92. The number of hydrogen-bond acceptors (Lipinski definition) is 2. The molecule has 2 aliphatic heterocycles. The topological polar surface area (TPSA) is 6.48 Å². The SMILES string of the molecule is Cc1cc2c3c(c1)N(c1ccc4c(c1)-c1ccccc1C41c4ccccc4-c4ccccc41)c1ccc(-c4ccccc4)cc1B3c1cc(-c3ccccc3)ccc1N2c1ccc(-c2ccccc2)cc1. The fraction of sp³-hybridized carbons (Fsp3) is 0.0294. The van der Waals surface area contributed by atoms with Gasteiger partial charge in [0.2, 0.25) is 0 Å². The monoisotopic (exact) mass is 900 g/mol. The van der Waals surface area contributed by atoms with Crippen molar-refractivity contribution in [3.63, 3.8) is 0 Å². The third kappa shape index (κ3) is 5.72. The fourth-order valence-corrected chi connectivity index (χ4v) is 13.0. The van der Waals surface area contributed by atoms with Crippen molar-refractivity contribution in [3.8, 4) is 55.6 Å². The van der Waals surface area contributed by atoms with Crippen LogP contribution in [-0.4, -0.2) is 6.71 Å². The van der Waals surface area contributed by atoms with E-state index in [4.69, 9.17) is 0 Å². The van der Waals surface area contributed by atoms with E-state index in [2.05, 4.69) is 272 Å². The molecule has 0 atom stereocenters. The minimum absolute atomic E-state index is 0.0427. The molecular weight excluding hydrogens is 856 g/mol. The predicted molar refractivity (Wildman–Crippen MR) is 298 cm³/mol. The summed E-state index contributed by atoms with van der Waals surface area (Å²) < 4.78 is 0. The highest BCUT2D eigenvalue weighted by Crippen LogP contribution is 2.63. The van der Waals surface area contributed by atoms with Crippen molar-refractivity contribution in [2.24, 2.45) is 0 Å². The van der Waals surface area contributed by atoms with Gasteiger partial charge >= 0.3 is 0 Å². The third-order valence-corrected chi connectivity index (χ3v) is 15.9. The first kappa shape index (κ1) is 40.0. The molecule has 0 unspecified atom stereocenters. The highest BCUT2D eigenvalue weighted by molar-refractivity contribution is 7.00. The van der Waals surface area contributed by atoms with Gasteiger partial charge in [-0.25, -0.2) is 0 Å². The molecule has 0 saturated heterocycles. The molecule has 0 aromatic heterocycles. The molecule has 2 heterocycles. The van der Waals surface area contributed by atoms with Crippen molar-refractivity contribution in [2.75, 3.05) is 9.80 Å². The van der Waals surface area contributed by atoms with Gasteiger partial charge in [0.1, 0.15) is 0 Å². The second kappa shape index (κ2) is 15.3. The zero-order valence-electron chi connectivity index (χ0n) is 39.2. The molecule has 0 bridgehead atoms. The van der Waals surface area contributed by atoms with Crippen LogP contribution in [0.15, 0.2) is 255 Å². The Balaban J connectivity index is 0.992. The number of fused-ring (bicyclic) bond motifs is 14. The summed E-state index contributed by atoms with van der Waals surface area (Å²) in [4.78, 5) is 5.11. The predicted octanol–water partition coefficient (Wildman–Crippen LogP) is 15.4. The Morgan fingerprint density at radius 3 is 1.18 bits per heavy atom. The molecule has 1 spiro atoms. The van der Waals surface area contributed by atoms with Gasteiger partial charge in [-0.2, -0.15) is 0 Å². The lowest BCUT2D eigenvalue weighted by molar-refractivity contribution is 0.794. The van der Waals surface area contributed by atoms with Gasteiger partial charge in [-0.3, -0.25) is 0 Å². The highest BCUT2D eigenvalue weighted by atomic mass is 15.2. The van der Waals surface area contributed by atoms with Crippen LogP contribution in [0.4, 0.5) is 34.1 Å². The molecule has 0 radical (unpaired) electrons. The normalized spacial score (nSPS) is 13.7. The fourth-order valence-electron chi connectivity index (χ4n) is 13.0. The Bertz CT molecular complexity index is 3910. The van der Waals surface area contributed by atoms with Crippen molar-refractivity contribution in [3.05, 3.63) is 283 Å². The molecule has 0 amide bonds. The molecule has 3 heteroatoms. The number of rotatable bonds is 5. The van der Waals surface area contributed by atoms with Crippen molar-refractivity contribution in [1.82, 2.24) is 0 Å². The molecule has 11 aromatic carbocycles. The van der Waals surface area contributed by atoms with Gasteiger partial charge in [-0.1, -0.05) is 206 Å². The molecule has 0 fully saturated rings. The molecule has 2 nitrogen and oxygen atoms in total. The lowest BCUT2D eigenvalue weighted by atomic mass is 9.33. The summed E-state index contributed by atoms with van der Waals surface area (Å²) in [5.74, 6) is 0. The van der Waals surface area contributed by atoms with E-state index in [-0.39, 0.29) is 6.71 Å². The van der Waals surface area contributed by atoms with E-state index in [1.807, 2.05) is 0 Å². The Labute approximate surface area is 415 Å². The second-order valence-corrected chi connectivity index (χ2v) is 19.6. The second-order valence-electron chi connectivity index (χ2n) is 19.6. The van der Waals surface area contributed by atoms with Gasteiger partial charge in [-0.15, -0.1) is 0 Å². The Morgan fingerprint density at radius 1 is 0.296 bits per heavy atom. The average molecular weight is 901 g/mol. The zero-order valence-corrected chi connectivity index (χ0v) is 39.2. The molecule has 0 saturated carbocycles. The van der Waals surface area contributed by atoms with Gasteiger partial charge in [-0.05, 0) is 155 Å². The van der Waals surface area contributed by atoms with Crippen molar-refractivity contribution in [1.29, 1.82) is 0 Å². The summed E-state index contributed by atoms with van der Waals surface area (Å²) in [5, 5.41) is 0. The van der Waals surface area contributed by atoms with Crippen LogP contribution in [0.3, 0.4) is 0 Å². The number of anilines is 6. The van der Waals surface area contributed by atoms with Gasteiger partial charge in [0.15, 0.2) is 0 Å². The minimum atomic E-state index is -0.410. The maximum Gasteiger partial charge on any atom is 0.252 e. The van der Waals surface area contributed by atoms with E-state index in [1.54, 1.807) is 0 Å². The summed E-state index contributed by atoms with van der Waals surface area (Å²) in [6, 6.07) is 95.5. The molecular formula is C68H45BN2. The Morgan fingerprint density at radius 2 is 0.676 bits per heavy atom. The van der Waals surface area contributed by atoms with Gasteiger partial charge in [0, 0.05) is 34.1 Å². The summed E-state index contributed by atoms with van der Waals surface area (Å²) in [6.07, 6.45) is 0. The highest BCUT2D eigenvalue weighted by Gasteiger charge is 2.52. The Kier molecular flexibility index (Phi) is 8.62. The molecule has 330 valence electrons. The van der Waals surface area contributed by atoms with Crippen molar-refractivity contribution < 1.29 is 0 Å². The average Bonchev–Trinajstić information content (AvgIpc) is 3.91. The number of aryl methyl sites for hydroxylation is 1. The lowest BCUT2D eigenvalue weighted by Crippen LogP contribution is -2.61. The standard InChI is InChI=1S/C68H45BN2/c1-44-39-65-67-66(40-44)71(52-35-36-60-56(43-52)55-25-13-16-28-59(55)68(60)57-26-14-11-23-53(57)54-24-12-15-27-58(54)68)64-38-32-50(47-21-9-4-10-22-47)42-62(64)69(67)61-41-49(46-19-7-3-8-20-46)31-37-63(61)70(65)51-33-29-48(30-34-51)45-17-5-2-6-18-45/h2-43H,1H3. The lowest BCUT2D eigenvalue weighted by Gasteiger charge is -2.44. The van der Waals surface area contributed by atoms with Crippen LogP contribution in [0.5, 0.6) is 0 Å². The summed E-state index contributed by atoms with van der Waals surface area (Å²) in [5.41, 5.74) is 29.7. The summed E-state index contributed by atoms with van der Waals surface area (Å²) in [7, 11) is 0. The molecule has 4 aliphatic rings. The molecule has 2 aliphatic carbocycles. The number of hydrogen-bond donors (Lipinski definition) is 0. The molecule has 71 heavy (non-hydrogen) atoms. The van der Waals surface area contributed by atoms with Gasteiger partial charge in [0.25, 0.3) is 6.71 Å².